The summed E-state index contributed by atoms with van der Waals surface area (Å²) < 4.78 is 0. The van der Waals surface area contributed by atoms with Crippen molar-refractivity contribution in [3.63, 3.8) is 0 Å². The summed E-state index contributed by atoms with van der Waals surface area (Å²) in [4.78, 5) is 27.6. The highest BCUT2D eigenvalue weighted by Crippen LogP contribution is 2.16. The first-order valence-electron chi connectivity index (χ1n) is 5.82. The summed E-state index contributed by atoms with van der Waals surface area (Å²) in [6, 6.07) is 4.77. The maximum atomic E-state index is 12.1. The highest BCUT2D eigenvalue weighted by Gasteiger charge is 2.27. The summed E-state index contributed by atoms with van der Waals surface area (Å²) in [6.07, 6.45) is 0.809. The summed E-state index contributed by atoms with van der Waals surface area (Å²) in [6.45, 7) is 3.34. The van der Waals surface area contributed by atoms with Crippen LogP contribution in [0.5, 0.6) is 0 Å². The van der Waals surface area contributed by atoms with E-state index in [0.29, 0.717) is 24.7 Å². The standard InChI is InChI=1S/C12H17N3O2/c1-8-7-15(6-5-9(8)13)12(17)10-3-2-4-11(16)14-10/h2-4,8-9H,5-7,13H2,1H3,(H,14,16). The number of hydrogen-bond donors (Lipinski definition) is 2. The fourth-order valence-corrected chi connectivity index (χ4v) is 2.09. The molecule has 5 nitrogen and oxygen atoms in total. The predicted molar refractivity (Wildman–Crippen MR) is 64.7 cm³/mol. The van der Waals surface area contributed by atoms with E-state index in [-0.39, 0.29) is 17.5 Å². The van der Waals surface area contributed by atoms with Crippen molar-refractivity contribution < 1.29 is 4.79 Å². The number of nitrogens with two attached hydrogens (primary N) is 1. The van der Waals surface area contributed by atoms with Gasteiger partial charge in [0, 0.05) is 25.2 Å². The van der Waals surface area contributed by atoms with E-state index in [4.69, 9.17) is 5.73 Å². The third-order valence-corrected chi connectivity index (χ3v) is 3.26. The number of likely N-dealkylation sites (tertiary alicyclic amines) is 1. The molecule has 2 heterocycles. The zero-order chi connectivity index (χ0) is 12.4. The number of H-pyrrole nitrogens is 1. The van der Waals surface area contributed by atoms with E-state index in [0.717, 1.165) is 6.42 Å². The highest BCUT2D eigenvalue weighted by atomic mass is 16.2. The summed E-state index contributed by atoms with van der Waals surface area (Å²) in [5.74, 6) is 0.171. The summed E-state index contributed by atoms with van der Waals surface area (Å²) in [5, 5.41) is 0. The van der Waals surface area contributed by atoms with Crippen molar-refractivity contribution in [3.8, 4) is 0 Å². The highest BCUT2D eigenvalue weighted by molar-refractivity contribution is 5.92. The lowest BCUT2D eigenvalue weighted by atomic mass is 9.94. The Morgan fingerprint density at radius 2 is 2.29 bits per heavy atom. The minimum absolute atomic E-state index is 0.124. The Morgan fingerprint density at radius 1 is 1.53 bits per heavy atom. The van der Waals surface area contributed by atoms with Crippen molar-refractivity contribution in [1.82, 2.24) is 9.88 Å². The number of aromatic amines is 1. The Hall–Kier alpha value is -1.62. The molecule has 1 aromatic rings. The minimum atomic E-state index is -0.252. The second-order valence-electron chi connectivity index (χ2n) is 4.61. The molecule has 1 fully saturated rings. The number of carbonyl (C=O) groups is 1. The van der Waals surface area contributed by atoms with Gasteiger partial charge in [-0.05, 0) is 18.4 Å². The molecule has 2 rings (SSSR count). The molecule has 0 aromatic carbocycles. The van der Waals surface area contributed by atoms with Gasteiger partial charge < -0.3 is 15.6 Å². The molecule has 1 aliphatic heterocycles. The Labute approximate surface area is 99.6 Å². The molecule has 2 atom stereocenters. The molecule has 0 spiro atoms. The van der Waals surface area contributed by atoms with Crippen molar-refractivity contribution in [1.29, 1.82) is 0 Å². The summed E-state index contributed by atoms with van der Waals surface area (Å²) >= 11 is 0. The molecule has 3 N–H and O–H groups in total. The Bertz CT molecular complexity index is 469. The van der Waals surface area contributed by atoms with E-state index in [1.54, 1.807) is 17.0 Å². The van der Waals surface area contributed by atoms with Crippen molar-refractivity contribution in [2.45, 2.75) is 19.4 Å². The van der Waals surface area contributed by atoms with E-state index in [2.05, 4.69) is 4.98 Å². The molecule has 17 heavy (non-hydrogen) atoms. The smallest absolute Gasteiger partial charge is 0.270 e. The fraction of sp³-hybridized carbons (Fsp3) is 0.500. The molecule has 92 valence electrons. The van der Waals surface area contributed by atoms with E-state index in [1.807, 2.05) is 6.92 Å². The number of pyridine rings is 1. The molecule has 0 aliphatic carbocycles. The van der Waals surface area contributed by atoms with Crippen molar-refractivity contribution in [2.75, 3.05) is 13.1 Å². The summed E-state index contributed by atoms with van der Waals surface area (Å²) in [7, 11) is 0. The first-order chi connectivity index (χ1) is 8.08. The van der Waals surface area contributed by atoms with Gasteiger partial charge >= 0.3 is 0 Å². The lowest BCUT2D eigenvalue weighted by Gasteiger charge is -2.34. The molecule has 1 saturated heterocycles. The van der Waals surface area contributed by atoms with Gasteiger partial charge in [0.2, 0.25) is 5.56 Å². The minimum Gasteiger partial charge on any atom is -0.337 e. The van der Waals surface area contributed by atoms with Gasteiger partial charge in [0.05, 0.1) is 0 Å². The molecule has 1 aromatic heterocycles. The normalized spacial score (nSPS) is 24.7. The Kier molecular flexibility index (Phi) is 3.28. The Balaban J connectivity index is 2.13. The van der Waals surface area contributed by atoms with Crippen LogP contribution in [0.4, 0.5) is 0 Å². The van der Waals surface area contributed by atoms with Crippen molar-refractivity contribution >= 4 is 5.91 Å². The maximum absolute atomic E-state index is 12.1. The number of piperidine rings is 1. The average Bonchev–Trinajstić information content (AvgIpc) is 2.32. The van der Waals surface area contributed by atoms with Gasteiger partial charge in [0.15, 0.2) is 0 Å². The van der Waals surface area contributed by atoms with Crippen LogP contribution in [0.2, 0.25) is 0 Å². The van der Waals surface area contributed by atoms with E-state index < -0.39 is 0 Å². The van der Waals surface area contributed by atoms with Gasteiger partial charge in [0.1, 0.15) is 5.69 Å². The van der Waals surface area contributed by atoms with E-state index in [9.17, 15) is 9.59 Å². The molecular weight excluding hydrogens is 218 g/mol. The molecule has 0 radical (unpaired) electrons. The zero-order valence-electron chi connectivity index (χ0n) is 9.85. The fourth-order valence-electron chi connectivity index (χ4n) is 2.09. The average molecular weight is 235 g/mol. The van der Waals surface area contributed by atoms with Crippen LogP contribution in [0, 0.1) is 5.92 Å². The monoisotopic (exact) mass is 235 g/mol. The third kappa shape index (κ3) is 2.55. The van der Waals surface area contributed by atoms with Crippen molar-refractivity contribution in [3.05, 3.63) is 34.2 Å². The SMILES string of the molecule is CC1CN(C(=O)c2cccc(=O)[nH]2)CCC1N. The van der Waals surface area contributed by atoms with Crippen LogP contribution in [-0.2, 0) is 0 Å². The quantitative estimate of drug-likeness (QED) is 0.729. The van der Waals surface area contributed by atoms with Gasteiger partial charge in [0.25, 0.3) is 5.91 Å². The largest absolute Gasteiger partial charge is 0.337 e. The van der Waals surface area contributed by atoms with Crippen LogP contribution in [0.3, 0.4) is 0 Å². The first-order valence-corrected chi connectivity index (χ1v) is 5.82. The predicted octanol–water partition coefficient (Wildman–Crippen LogP) is 0.184. The van der Waals surface area contributed by atoms with Crippen LogP contribution in [0.15, 0.2) is 23.0 Å². The number of nitrogens with one attached hydrogen (secondary N) is 1. The Morgan fingerprint density at radius 3 is 2.94 bits per heavy atom. The van der Waals surface area contributed by atoms with E-state index in [1.165, 1.54) is 6.07 Å². The molecule has 2 unspecified atom stereocenters. The van der Waals surface area contributed by atoms with Gasteiger partial charge in [-0.2, -0.15) is 0 Å². The van der Waals surface area contributed by atoms with Crippen LogP contribution < -0.4 is 11.3 Å². The molecule has 0 bridgehead atoms. The number of nitrogens with zero attached hydrogens (tertiary/aromatic N) is 1. The van der Waals surface area contributed by atoms with Crippen LogP contribution in [0.25, 0.3) is 0 Å². The topological polar surface area (TPSA) is 79.2 Å². The van der Waals surface area contributed by atoms with Crippen LogP contribution in [-0.4, -0.2) is 34.9 Å². The molecule has 5 heteroatoms. The number of rotatable bonds is 1. The van der Waals surface area contributed by atoms with Crippen LogP contribution >= 0.6 is 0 Å². The lowest BCUT2D eigenvalue weighted by Crippen LogP contribution is -2.48. The van der Waals surface area contributed by atoms with Gasteiger partial charge in [-0.3, -0.25) is 9.59 Å². The number of carbonyl (C=O) groups excluding carboxylic acids is 1. The van der Waals surface area contributed by atoms with Crippen LogP contribution in [0.1, 0.15) is 23.8 Å². The van der Waals surface area contributed by atoms with Gasteiger partial charge in [-0.25, -0.2) is 0 Å². The third-order valence-electron chi connectivity index (χ3n) is 3.26. The number of amides is 1. The second-order valence-corrected chi connectivity index (χ2v) is 4.61. The first kappa shape index (κ1) is 11.9. The van der Waals surface area contributed by atoms with Gasteiger partial charge in [-0.15, -0.1) is 0 Å². The molecule has 0 saturated carbocycles. The van der Waals surface area contributed by atoms with E-state index >= 15 is 0 Å². The number of hydrogen-bond acceptors (Lipinski definition) is 3. The van der Waals surface area contributed by atoms with Gasteiger partial charge in [-0.1, -0.05) is 13.0 Å². The lowest BCUT2D eigenvalue weighted by molar-refractivity contribution is 0.0658. The van der Waals surface area contributed by atoms with Crippen molar-refractivity contribution in [2.24, 2.45) is 11.7 Å². The second kappa shape index (κ2) is 4.71. The maximum Gasteiger partial charge on any atom is 0.270 e. The molecular formula is C12H17N3O2. The number of aromatic nitrogens is 1. The zero-order valence-corrected chi connectivity index (χ0v) is 9.85. The molecule has 1 aliphatic rings. The summed E-state index contributed by atoms with van der Waals surface area (Å²) in [5.41, 5.74) is 6.00. The molecule has 1 amide bonds.